The van der Waals surface area contributed by atoms with E-state index in [4.69, 9.17) is 0 Å². The first-order valence-corrected chi connectivity index (χ1v) is 0. The molecule has 0 aromatic rings. The van der Waals surface area contributed by atoms with Gasteiger partial charge in [0, 0.05) is 21.7 Å². The number of hydrogen-bond acceptors (Lipinski definition) is 2. The van der Waals surface area contributed by atoms with Gasteiger partial charge in [-0.15, -0.1) is 0 Å². The third-order valence-corrected chi connectivity index (χ3v) is 0. The van der Waals surface area contributed by atoms with Gasteiger partial charge in [0.1, 0.15) is 0 Å². The molecule has 0 radical (unpaired) electrons. The molecule has 0 heterocycles. The summed E-state index contributed by atoms with van der Waals surface area (Å²) in [6, 6.07) is 0. The van der Waals surface area contributed by atoms with Gasteiger partial charge in [-0.2, -0.15) is 0 Å². The molecule has 0 spiro atoms. The number of rotatable bonds is 0. The monoisotopic (exact) mass is 178 g/mol. The zero-order chi connectivity index (χ0) is 0. The summed E-state index contributed by atoms with van der Waals surface area (Å²) >= 11 is 0. The van der Waals surface area contributed by atoms with Crippen molar-refractivity contribution in [1.29, 1.82) is 0 Å². The maximum atomic E-state index is 0. The molecule has 0 bridgehead atoms. The van der Waals surface area contributed by atoms with E-state index >= 15 is 0 Å². The van der Waals surface area contributed by atoms with Crippen LogP contribution in [0.5, 0.6) is 0 Å². The standard InChI is InChI=1S/2K.3H2O.Ti/h;;3*1H2;/q2*+1;;;;/p-2. The summed E-state index contributed by atoms with van der Waals surface area (Å²) < 4.78 is 0. The summed E-state index contributed by atoms with van der Waals surface area (Å²) in [5, 5.41) is 0. The molecule has 0 aromatic heterocycles. The molecule has 0 unspecified atom stereocenters. The van der Waals surface area contributed by atoms with Crippen LogP contribution >= 0.6 is 0 Å². The van der Waals surface area contributed by atoms with Crippen molar-refractivity contribution in [2.24, 2.45) is 0 Å². The minimum absolute atomic E-state index is 0. The van der Waals surface area contributed by atoms with Crippen LogP contribution < -0.4 is 103 Å². The fraction of sp³-hybridized carbons (Fsp3) is 0. The van der Waals surface area contributed by atoms with Crippen molar-refractivity contribution in [1.82, 2.24) is 0 Å². The maximum absolute atomic E-state index is 0. The molecule has 0 aliphatic carbocycles. The molecule has 0 aromatic carbocycles. The van der Waals surface area contributed by atoms with E-state index < -0.39 is 0 Å². The predicted molar refractivity (Wildman–Crippen MR) is 7.49 cm³/mol. The molecule has 0 amide bonds. The molecule has 0 aliphatic rings. The molecule has 0 aliphatic heterocycles. The van der Waals surface area contributed by atoms with Gasteiger partial charge < -0.3 is 16.4 Å². The van der Waals surface area contributed by atoms with Gasteiger partial charge in [0.2, 0.25) is 0 Å². The van der Waals surface area contributed by atoms with Crippen molar-refractivity contribution in [3.63, 3.8) is 0 Å². The second kappa shape index (κ2) is 36.7. The van der Waals surface area contributed by atoms with E-state index in [1.165, 1.54) is 0 Å². The average Bonchev–Trinajstić information content (AvgIpc) is 0. The smallest absolute Gasteiger partial charge is 0.870 e. The zero-order valence-corrected chi connectivity index (χ0v) is 11.7. The van der Waals surface area contributed by atoms with Gasteiger partial charge in [-0.25, -0.2) is 0 Å². The van der Waals surface area contributed by atoms with Crippen LogP contribution in [0, 0.1) is 0 Å². The predicted octanol–water partition coefficient (Wildman–Crippen LogP) is -7.17. The van der Waals surface area contributed by atoms with Crippen molar-refractivity contribution in [3.8, 4) is 0 Å². The van der Waals surface area contributed by atoms with Crippen LogP contribution in [0.2, 0.25) is 0 Å². The van der Waals surface area contributed by atoms with Gasteiger partial charge in [0.05, 0.1) is 0 Å². The van der Waals surface area contributed by atoms with Crippen LogP contribution in [0.25, 0.3) is 0 Å². The average molecular weight is 178 g/mol. The van der Waals surface area contributed by atoms with Gasteiger partial charge in [-0.05, 0) is 0 Å². The number of hydrogen-bond donors (Lipinski definition) is 0. The fourth-order valence-corrected chi connectivity index (χ4v) is 0. The molecule has 0 fully saturated rings. The summed E-state index contributed by atoms with van der Waals surface area (Å²) in [7, 11) is 0. The molecule has 0 atom stereocenters. The summed E-state index contributed by atoms with van der Waals surface area (Å²) in [6.07, 6.45) is 0. The van der Waals surface area contributed by atoms with E-state index in [2.05, 4.69) is 0 Å². The van der Waals surface area contributed by atoms with Crippen molar-refractivity contribution in [3.05, 3.63) is 0 Å². The molecule has 3 nitrogen and oxygen atoms in total. The quantitative estimate of drug-likeness (QED) is 0.345. The Kier molecular flexibility index (Phi) is 317. The Bertz CT molecular complexity index is 8.75. The molecule has 6 heteroatoms. The van der Waals surface area contributed by atoms with Crippen molar-refractivity contribution in [2.75, 3.05) is 0 Å². The van der Waals surface area contributed by atoms with E-state index in [1.54, 1.807) is 0 Å². The third-order valence-electron chi connectivity index (χ3n) is 0. The minimum Gasteiger partial charge on any atom is -0.870 e. The summed E-state index contributed by atoms with van der Waals surface area (Å²) in [5.41, 5.74) is 0. The molecule has 28 valence electrons. The van der Waals surface area contributed by atoms with Crippen LogP contribution in [0.1, 0.15) is 0 Å². The second-order valence-corrected chi connectivity index (χ2v) is 0. The first-order chi connectivity index (χ1) is 0. The Hall–Kier alpha value is 3.87. The van der Waals surface area contributed by atoms with E-state index in [0.29, 0.717) is 0 Å². The van der Waals surface area contributed by atoms with Crippen LogP contribution in [-0.4, -0.2) is 16.4 Å². The maximum Gasteiger partial charge on any atom is 1.00 e. The van der Waals surface area contributed by atoms with Crippen molar-refractivity contribution in [2.45, 2.75) is 0 Å². The van der Waals surface area contributed by atoms with Gasteiger partial charge in [0.15, 0.2) is 0 Å². The topological polar surface area (TPSA) is 91.5 Å². The van der Waals surface area contributed by atoms with E-state index in [-0.39, 0.29) is 141 Å². The van der Waals surface area contributed by atoms with Crippen LogP contribution in [-0.2, 0) is 21.7 Å². The van der Waals surface area contributed by atoms with Gasteiger partial charge in [-0.1, -0.05) is 0 Å². The molecule has 0 rings (SSSR count). The Morgan fingerprint density at radius 1 is 0.667 bits per heavy atom. The minimum atomic E-state index is 0. The Morgan fingerprint density at radius 2 is 0.667 bits per heavy atom. The van der Waals surface area contributed by atoms with Crippen molar-refractivity contribution >= 4 is 0 Å². The molecular weight excluding hydrogens is 174 g/mol. The molecule has 0 saturated carbocycles. The SMILES string of the molecule is O.[K+].[K+].[OH-].[OH-].[Ti]. The van der Waals surface area contributed by atoms with E-state index in [1.807, 2.05) is 0 Å². The van der Waals surface area contributed by atoms with Gasteiger partial charge >= 0.3 is 103 Å². The summed E-state index contributed by atoms with van der Waals surface area (Å²) in [5.74, 6) is 0. The van der Waals surface area contributed by atoms with Crippen molar-refractivity contribution < 1.29 is 141 Å². The fourth-order valence-electron chi connectivity index (χ4n) is 0. The summed E-state index contributed by atoms with van der Waals surface area (Å²) in [4.78, 5) is 0. The van der Waals surface area contributed by atoms with Crippen LogP contribution in [0.4, 0.5) is 0 Å². The zero-order valence-electron chi connectivity index (χ0n) is 3.89. The summed E-state index contributed by atoms with van der Waals surface area (Å²) in [6.45, 7) is 0. The third kappa shape index (κ3) is 24.8. The molecule has 4 N–H and O–H groups in total. The first kappa shape index (κ1) is 51.9. The largest absolute Gasteiger partial charge is 1.00 e. The normalized spacial score (nSPS) is 0. The van der Waals surface area contributed by atoms with Gasteiger partial charge in [-0.3, -0.25) is 0 Å². The molecule has 0 saturated heterocycles. The van der Waals surface area contributed by atoms with E-state index in [0.717, 1.165) is 0 Å². The Morgan fingerprint density at radius 3 is 0.667 bits per heavy atom. The second-order valence-electron chi connectivity index (χ2n) is 0. The van der Waals surface area contributed by atoms with E-state index in [9.17, 15) is 0 Å². The first-order valence-electron chi connectivity index (χ1n) is 0. The van der Waals surface area contributed by atoms with Crippen LogP contribution in [0.3, 0.4) is 0 Å². The molecule has 6 heavy (non-hydrogen) atoms. The van der Waals surface area contributed by atoms with Crippen LogP contribution in [0.15, 0.2) is 0 Å². The molecular formula is H4K2O3Ti. The Balaban J connectivity index is 0. The Labute approximate surface area is 137 Å². The van der Waals surface area contributed by atoms with Gasteiger partial charge in [0.25, 0.3) is 0 Å².